The number of thiophene rings is 1. The van der Waals surface area contributed by atoms with Crippen LogP contribution in [0.5, 0.6) is 0 Å². The highest BCUT2D eigenvalue weighted by Gasteiger charge is 2.09. The first-order valence-corrected chi connectivity index (χ1v) is 6.57. The van der Waals surface area contributed by atoms with Crippen LogP contribution in [0.4, 0.5) is 0 Å². The predicted octanol–water partition coefficient (Wildman–Crippen LogP) is 2.55. The van der Waals surface area contributed by atoms with E-state index in [0.29, 0.717) is 12.1 Å². The highest BCUT2D eigenvalue weighted by Crippen LogP contribution is 2.19. The zero-order chi connectivity index (χ0) is 13.4. The van der Waals surface area contributed by atoms with Crippen LogP contribution in [0.1, 0.15) is 20.1 Å². The molecular weight excluding hydrogens is 262 g/mol. The quantitative estimate of drug-likeness (QED) is 0.796. The lowest BCUT2D eigenvalue weighted by molar-refractivity contribution is 0.0697. The minimum absolute atomic E-state index is 0.228. The molecule has 0 fully saturated rings. The van der Waals surface area contributed by atoms with E-state index in [-0.39, 0.29) is 5.56 Å². The Balaban J connectivity index is 1.99. The summed E-state index contributed by atoms with van der Waals surface area (Å²) in [5.41, 5.74) is 1.68. The lowest BCUT2D eigenvalue weighted by Gasteiger charge is -2.00. The number of hydrogen-bond acceptors (Lipinski definition) is 4. The number of hydrogen-bond donors (Lipinski definition) is 1. The second-order valence-electron chi connectivity index (χ2n) is 4.27. The summed E-state index contributed by atoms with van der Waals surface area (Å²) in [6, 6.07) is 9.01. The number of rotatable bonds is 3. The van der Waals surface area contributed by atoms with E-state index >= 15 is 0 Å². The molecule has 0 aliphatic heterocycles. The Hall–Kier alpha value is -2.21. The summed E-state index contributed by atoms with van der Waals surface area (Å²) in [5, 5.41) is 17.0. The number of carboxylic acid groups (broad SMARTS) is 1. The summed E-state index contributed by atoms with van der Waals surface area (Å²) in [7, 11) is 0. The summed E-state index contributed by atoms with van der Waals surface area (Å²) in [4.78, 5) is 13.3. The Labute approximate surface area is 113 Å². The largest absolute Gasteiger partial charge is 0.478 e. The van der Waals surface area contributed by atoms with Crippen molar-refractivity contribution < 1.29 is 9.90 Å². The zero-order valence-electron chi connectivity index (χ0n) is 10.2. The molecule has 0 saturated heterocycles. The number of aryl methyl sites for hydroxylation is 1. The molecule has 0 unspecified atom stereocenters. The second kappa shape index (κ2) is 4.47. The summed E-state index contributed by atoms with van der Waals surface area (Å²) in [5.74, 6) is -0.953. The van der Waals surface area contributed by atoms with Crippen LogP contribution in [0, 0.1) is 6.92 Å². The molecule has 0 saturated carbocycles. The van der Waals surface area contributed by atoms with E-state index in [0.717, 1.165) is 5.52 Å². The smallest absolute Gasteiger partial charge is 0.335 e. The third-order valence-corrected chi connectivity index (χ3v) is 3.85. The van der Waals surface area contributed by atoms with Crippen LogP contribution in [0.15, 0.2) is 30.3 Å². The maximum Gasteiger partial charge on any atom is 0.335 e. The van der Waals surface area contributed by atoms with Crippen molar-refractivity contribution in [3.05, 3.63) is 45.6 Å². The molecule has 0 amide bonds. The fourth-order valence-corrected chi connectivity index (χ4v) is 2.81. The molecule has 19 heavy (non-hydrogen) atoms. The third kappa shape index (κ3) is 2.22. The maximum atomic E-state index is 10.9. The van der Waals surface area contributed by atoms with E-state index in [1.165, 1.54) is 9.75 Å². The highest BCUT2D eigenvalue weighted by atomic mass is 32.1. The van der Waals surface area contributed by atoms with Gasteiger partial charge in [-0.1, -0.05) is 5.21 Å². The van der Waals surface area contributed by atoms with Gasteiger partial charge in [0, 0.05) is 9.75 Å². The van der Waals surface area contributed by atoms with E-state index in [9.17, 15) is 4.79 Å². The fraction of sp³-hybridized carbons (Fsp3) is 0.154. The van der Waals surface area contributed by atoms with E-state index in [1.807, 2.05) is 0 Å². The van der Waals surface area contributed by atoms with Gasteiger partial charge in [0.15, 0.2) is 0 Å². The topological polar surface area (TPSA) is 68.0 Å². The minimum Gasteiger partial charge on any atom is -0.478 e. The summed E-state index contributed by atoms with van der Waals surface area (Å²) in [6.07, 6.45) is 0. The molecule has 2 heterocycles. The molecule has 1 aromatic carbocycles. The van der Waals surface area contributed by atoms with Gasteiger partial charge in [0.2, 0.25) is 0 Å². The second-order valence-corrected chi connectivity index (χ2v) is 5.64. The molecular formula is C13H11N3O2S. The van der Waals surface area contributed by atoms with Gasteiger partial charge < -0.3 is 5.11 Å². The first kappa shape index (κ1) is 11.9. The van der Waals surface area contributed by atoms with Gasteiger partial charge in [-0.25, -0.2) is 9.48 Å². The van der Waals surface area contributed by atoms with Crippen molar-refractivity contribution >= 4 is 28.3 Å². The Bertz CT molecular complexity index is 760. The average molecular weight is 273 g/mol. The maximum absolute atomic E-state index is 10.9. The van der Waals surface area contributed by atoms with Crippen molar-refractivity contribution in [2.24, 2.45) is 0 Å². The zero-order valence-corrected chi connectivity index (χ0v) is 11.0. The molecule has 6 heteroatoms. The lowest BCUT2D eigenvalue weighted by Crippen LogP contribution is -2.00. The van der Waals surface area contributed by atoms with Crippen molar-refractivity contribution in [1.82, 2.24) is 15.0 Å². The third-order valence-electron chi connectivity index (χ3n) is 2.86. The van der Waals surface area contributed by atoms with E-state index in [4.69, 9.17) is 5.11 Å². The van der Waals surface area contributed by atoms with Crippen LogP contribution in [-0.2, 0) is 6.54 Å². The molecule has 3 aromatic rings. The number of carboxylic acids is 1. The van der Waals surface area contributed by atoms with Gasteiger partial charge >= 0.3 is 5.97 Å². The minimum atomic E-state index is -0.953. The molecule has 0 spiro atoms. The molecule has 1 N–H and O–H groups in total. The molecule has 0 aliphatic carbocycles. The average Bonchev–Trinajstić information content (AvgIpc) is 2.96. The summed E-state index contributed by atoms with van der Waals surface area (Å²) in [6.45, 7) is 2.72. The SMILES string of the molecule is Cc1ccc(Cn2nnc3cc(C(=O)O)ccc32)s1. The molecule has 3 rings (SSSR count). The molecule has 0 radical (unpaired) electrons. The number of aromatic nitrogens is 3. The van der Waals surface area contributed by atoms with Gasteiger partial charge in [0.25, 0.3) is 0 Å². The van der Waals surface area contributed by atoms with E-state index < -0.39 is 5.97 Å². The predicted molar refractivity (Wildman–Crippen MR) is 72.6 cm³/mol. The number of aromatic carboxylic acids is 1. The van der Waals surface area contributed by atoms with Crippen LogP contribution < -0.4 is 0 Å². The van der Waals surface area contributed by atoms with Crippen LogP contribution in [0.3, 0.4) is 0 Å². The van der Waals surface area contributed by atoms with Crippen molar-refractivity contribution in [1.29, 1.82) is 0 Å². The number of nitrogens with zero attached hydrogens (tertiary/aromatic N) is 3. The Morgan fingerprint density at radius 2 is 2.21 bits per heavy atom. The van der Waals surface area contributed by atoms with Crippen LogP contribution in [0.2, 0.25) is 0 Å². The van der Waals surface area contributed by atoms with Crippen LogP contribution >= 0.6 is 11.3 Å². The fourth-order valence-electron chi connectivity index (χ4n) is 1.94. The number of carbonyl (C=O) groups is 1. The standard InChI is InChI=1S/C13H11N3O2S/c1-8-2-4-10(19-8)7-16-12-5-3-9(13(17)18)6-11(12)14-15-16/h2-6H,7H2,1H3,(H,17,18). The monoisotopic (exact) mass is 273 g/mol. The first-order chi connectivity index (χ1) is 9.13. The van der Waals surface area contributed by atoms with Crippen molar-refractivity contribution in [2.45, 2.75) is 13.5 Å². The van der Waals surface area contributed by atoms with Crippen LogP contribution in [-0.4, -0.2) is 26.1 Å². The number of fused-ring (bicyclic) bond motifs is 1. The Morgan fingerprint density at radius 1 is 1.37 bits per heavy atom. The molecule has 96 valence electrons. The molecule has 5 nitrogen and oxygen atoms in total. The van der Waals surface area contributed by atoms with Gasteiger partial charge in [0.1, 0.15) is 5.52 Å². The molecule has 0 atom stereocenters. The highest BCUT2D eigenvalue weighted by molar-refractivity contribution is 7.11. The van der Waals surface area contributed by atoms with Gasteiger partial charge in [-0.2, -0.15) is 0 Å². The van der Waals surface area contributed by atoms with Gasteiger partial charge in [-0.05, 0) is 37.3 Å². The molecule has 2 aromatic heterocycles. The van der Waals surface area contributed by atoms with Crippen molar-refractivity contribution in [3.63, 3.8) is 0 Å². The lowest BCUT2D eigenvalue weighted by atomic mass is 10.2. The normalized spacial score (nSPS) is 11.0. The first-order valence-electron chi connectivity index (χ1n) is 5.75. The Kier molecular flexibility index (Phi) is 2.79. The van der Waals surface area contributed by atoms with Gasteiger partial charge in [-0.3, -0.25) is 0 Å². The van der Waals surface area contributed by atoms with E-state index in [2.05, 4.69) is 29.4 Å². The van der Waals surface area contributed by atoms with Gasteiger partial charge in [-0.15, -0.1) is 16.4 Å². The Morgan fingerprint density at radius 3 is 2.89 bits per heavy atom. The molecule has 0 bridgehead atoms. The number of benzene rings is 1. The van der Waals surface area contributed by atoms with Gasteiger partial charge in [0.05, 0.1) is 17.6 Å². The summed E-state index contributed by atoms with van der Waals surface area (Å²) < 4.78 is 1.78. The van der Waals surface area contributed by atoms with Crippen molar-refractivity contribution in [2.75, 3.05) is 0 Å². The van der Waals surface area contributed by atoms with Crippen molar-refractivity contribution in [3.8, 4) is 0 Å². The molecule has 0 aliphatic rings. The van der Waals surface area contributed by atoms with Crippen LogP contribution in [0.25, 0.3) is 11.0 Å². The summed E-state index contributed by atoms with van der Waals surface area (Å²) >= 11 is 1.72. The van der Waals surface area contributed by atoms with E-state index in [1.54, 1.807) is 34.2 Å².